The summed E-state index contributed by atoms with van der Waals surface area (Å²) < 4.78 is 50.2. The molecule has 0 radical (unpaired) electrons. The van der Waals surface area contributed by atoms with Crippen molar-refractivity contribution in [2.24, 2.45) is 5.92 Å². The third-order valence-electron chi connectivity index (χ3n) is 9.68. The Morgan fingerprint density at radius 3 is 2.35 bits per heavy atom. The lowest BCUT2D eigenvalue weighted by Crippen LogP contribution is -2.55. The van der Waals surface area contributed by atoms with E-state index in [1.165, 1.54) is 18.3 Å². The summed E-state index contributed by atoms with van der Waals surface area (Å²) in [5.41, 5.74) is -0.865. The second-order valence-electron chi connectivity index (χ2n) is 13.2. The van der Waals surface area contributed by atoms with Gasteiger partial charge in [0, 0.05) is 44.5 Å². The number of likely N-dealkylation sites (N-methyl/N-ethyl adjacent to an activating group) is 1. The van der Waals surface area contributed by atoms with Crippen molar-refractivity contribution >= 4 is 40.8 Å². The SMILES string of the molecule is C[C@@H](c1ccc(NC(=O)[C@@H](NC(=O)C(F)(F)c2cncc(C#N)c2)C2CCCCCC2)c(F)c1)[C@@H](NC(=O)c1cnns1)C(=O)N1CCN(C)CC1. The maximum atomic E-state index is 15.8. The average Bonchev–Trinajstić information content (AvgIpc) is 3.56. The summed E-state index contributed by atoms with van der Waals surface area (Å²) >= 11 is 0.870. The predicted molar refractivity (Wildman–Crippen MR) is 185 cm³/mol. The Labute approximate surface area is 303 Å². The van der Waals surface area contributed by atoms with Crippen molar-refractivity contribution in [1.82, 2.24) is 35.0 Å². The van der Waals surface area contributed by atoms with Gasteiger partial charge in [-0.15, -0.1) is 5.10 Å². The van der Waals surface area contributed by atoms with Crippen molar-refractivity contribution in [3.05, 3.63) is 70.2 Å². The number of carbonyl (C=O) groups excluding carboxylic acids is 4. The van der Waals surface area contributed by atoms with Crippen LogP contribution >= 0.6 is 11.5 Å². The minimum Gasteiger partial charge on any atom is -0.339 e. The first kappa shape index (κ1) is 38.3. The number of nitrogens with zero attached hydrogens (tertiary/aromatic N) is 6. The summed E-state index contributed by atoms with van der Waals surface area (Å²) in [7, 11) is 1.94. The maximum Gasteiger partial charge on any atom is 0.351 e. The molecule has 3 atom stereocenters. The van der Waals surface area contributed by atoms with Gasteiger partial charge >= 0.3 is 5.92 Å². The molecule has 1 saturated heterocycles. The molecule has 1 aliphatic heterocycles. The summed E-state index contributed by atoms with van der Waals surface area (Å²) in [5, 5.41) is 20.3. The fourth-order valence-corrected chi connectivity index (χ4v) is 6.92. The second kappa shape index (κ2) is 17.0. The first-order valence-corrected chi connectivity index (χ1v) is 17.9. The number of nitriles is 1. The topological polar surface area (TPSA) is 173 Å². The number of hydrogen-bond donors (Lipinski definition) is 3. The number of hydrogen-bond acceptors (Lipinski definition) is 10. The van der Waals surface area contributed by atoms with E-state index in [0.717, 1.165) is 61.7 Å². The van der Waals surface area contributed by atoms with E-state index in [1.807, 2.05) is 7.05 Å². The largest absolute Gasteiger partial charge is 0.351 e. The van der Waals surface area contributed by atoms with Crippen molar-refractivity contribution in [3.8, 4) is 6.07 Å². The smallest absolute Gasteiger partial charge is 0.339 e. The van der Waals surface area contributed by atoms with Gasteiger partial charge in [0.2, 0.25) is 11.8 Å². The number of pyridine rings is 1. The van der Waals surface area contributed by atoms with Crippen LogP contribution in [-0.2, 0) is 20.3 Å². The lowest BCUT2D eigenvalue weighted by Gasteiger charge is -2.36. The van der Waals surface area contributed by atoms with Crippen LogP contribution in [-0.4, -0.2) is 93.3 Å². The van der Waals surface area contributed by atoms with E-state index in [0.29, 0.717) is 44.6 Å². The minimum atomic E-state index is -4.11. The van der Waals surface area contributed by atoms with Crippen LogP contribution in [0, 0.1) is 23.1 Å². The zero-order chi connectivity index (χ0) is 37.4. The first-order valence-electron chi connectivity index (χ1n) is 17.1. The van der Waals surface area contributed by atoms with Gasteiger partial charge < -0.3 is 25.8 Å². The van der Waals surface area contributed by atoms with Crippen LogP contribution in [0.2, 0.25) is 0 Å². The maximum absolute atomic E-state index is 15.8. The van der Waals surface area contributed by atoms with Gasteiger partial charge in [-0.3, -0.25) is 24.2 Å². The van der Waals surface area contributed by atoms with Gasteiger partial charge in [0.1, 0.15) is 28.8 Å². The summed E-state index contributed by atoms with van der Waals surface area (Å²) in [6.45, 7) is 3.87. The van der Waals surface area contributed by atoms with E-state index < -0.39 is 58.9 Å². The molecular formula is C35H40F3N9O4S. The van der Waals surface area contributed by atoms with E-state index in [2.05, 4.69) is 35.4 Å². The van der Waals surface area contributed by atoms with Gasteiger partial charge in [-0.05, 0) is 61.1 Å². The number of anilines is 1. The Morgan fingerprint density at radius 1 is 1.00 bits per heavy atom. The molecule has 1 saturated carbocycles. The highest BCUT2D eigenvalue weighted by Crippen LogP contribution is 2.32. The molecule has 52 heavy (non-hydrogen) atoms. The van der Waals surface area contributed by atoms with Gasteiger partial charge in [0.15, 0.2) is 0 Å². The van der Waals surface area contributed by atoms with Crippen LogP contribution in [0.5, 0.6) is 0 Å². The van der Waals surface area contributed by atoms with E-state index >= 15 is 13.2 Å². The lowest BCUT2D eigenvalue weighted by molar-refractivity contribution is -0.149. The molecule has 4 amide bonds. The fraction of sp³-hybridized carbons (Fsp3) is 0.486. The zero-order valence-corrected chi connectivity index (χ0v) is 29.6. The number of aromatic nitrogens is 3. The van der Waals surface area contributed by atoms with Crippen molar-refractivity contribution in [3.63, 3.8) is 0 Å². The number of alkyl halides is 2. The number of nitrogens with one attached hydrogen (secondary N) is 3. The predicted octanol–water partition coefficient (Wildman–Crippen LogP) is 3.81. The number of piperazine rings is 1. The number of amides is 4. The summed E-state index contributed by atoms with van der Waals surface area (Å²) in [5.74, 6) is -9.69. The number of benzene rings is 1. The van der Waals surface area contributed by atoms with Crippen molar-refractivity contribution in [2.45, 2.75) is 69.4 Å². The summed E-state index contributed by atoms with van der Waals surface area (Å²) in [4.78, 5) is 61.1. The van der Waals surface area contributed by atoms with E-state index in [9.17, 15) is 19.2 Å². The molecule has 3 heterocycles. The van der Waals surface area contributed by atoms with Crippen LogP contribution in [0.3, 0.4) is 0 Å². The number of carbonyl (C=O) groups is 4. The molecule has 1 aliphatic carbocycles. The minimum absolute atomic E-state index is 0.161. The Morgan fingerprint density at radius 2 is 1.71 bits per heavy atom. The number of halogens is 3. The Kier molecular flexibility index (Phi) is 12.5. The van der Waals surface area contributed by atoms with Crippen LogP contribution in [0.15, 0.2) is 42.9 Å². The van der Waals surface area contributed by atoms with Gasteiger partial charge in [-0.1, -0.05) is 43.2 Å². The Balaban J connectivity index is 1.36. The van der Waals surface area contributed by atoms with Crippen LogP contribution in [0.1, 0.15) is 77.7 Å². The molecule has 276 valence electrons. The third kappa shape index (κ3) is 9.09. The number of rotatable bonds is 11. The quantitative estimate of drug-likeness (QED) is 0.247. The van der Waals surface area contributed by atoms with E-state index in [1.54, 1.807) is 17.9 Å². The zero-order valence-electron chi connectivity index (χ0n) is 28.8. The van der Waals surface area contributed by atoms with Gasteiger partial charge in [-0.2, -0.15) is 14.0 Å². The first-order chi connectivity index (χ1) is 24.9. The average molecular weight is 740 g/mol. The fourth-order valence-electron chi connectivity index (χ4n) is 6.50. The van der Waals surface area contributed by atoms with E-state index in [4.69, 9.17) is 5.26 Å². The monoisotopic (exact) mass is 739 g/mol. The van der Waals surface area contributed by atoms with E-state index in [-0.39, 0.29) is 22.0 Å². The molecule has 2 fully saturated rings. The Hall–Kier alpha value is -4.95. The van der Waals surface area contributed by atoms with Crippen molar-refractivity contribution in [1.29, 1.82) is 5.26 Å². The summed E-state index contributed by atoms with van der Waals surface area (Å²) in [6, 6.07) is 4.04. The molecular weight excluding hydrogens is 700 g/mol. The Bertz CT molecular complexity index is 1790. The molecule has 0 bridgehead atoms. The second-order valence-corrected chi connectivity index (χ2v) is 14.0. The van der Waals surface area contributed by atoms with Gasteiger partial charge in [-0.25, -0.2) is 4.39 Å². The molecule has 0 spiro atoms. The van der Waals surface area contributed by atoms with Gasteiger partial charge in [0.05, 0.1) is 23.0 Å². The highest BCUT2D eigenvalue weighted by atomic mass is 32.1. The molecule has 3 aromatic rings. The normalized spacial score (nSPS) is 17.6. The molecule has 5 rings (SSSR count). The van der Waals surface area contributed by atoms with Crippen molar-refractivity contribution in [2.75, 3.05) is 38.5 Å². The standard InChI is InChI=1S/C35H40F3N9O4S/c1-21(29(43-31(48)28-20-41-45-52-28)33(50)47-13-11-46(2)12-14-47)24-9-10-27(26(36)16-24)42-32(49)30(23-7-5-3-4-6-8-23)44-34(51)35(37,38)25-15-22(17-39)18-40-19-25/h9-10,15-16,18-21,23,29-30H,3-8,11-14H2,1-2H3,(H,42,49)(H,43,48)(H,44,51)/t21-,29+,30-/m0/s1. The summed E-state index contributed by atoms with van der Waals surface area (Å²) in [6.07, 6.45) is 7.34. The highest BCUT2D eigenvalue weighted by Gasteiger charge is 2.44. The molecule has 3 N–H and O–H groups in total. The van der Waals surface area contributed by atoms with Crippen LogP contribution in [0.4, 0.5) is 18.9 Å². The molecule has 17 heteroatoms. The third-order valence-corrected chi connectivity index (χ3v) is 10.3. The van der Waals surface area contributed by atoms with Gasteiger partial charge in [0.25, 0.3) is 11.8 Å². The van der Waals surface area contributed by atoms with Crippen LogP contribution in [0.25, 0.3) is 0 Å². The van der Waals surface area contributed by atoms with Crippen molar-refractivity contribution < 1.29 is 32.3 Å². The lowest BCUT2D eigenvalue weighted by atomic mass is 9.90. The highest BCUT2D eigenvalue weighted by molar-refractivity contribution is 7.07. The molecule has 0 unspecified atom stereocenters. The van der Waals surface area contributed by atoms with Crippen LogP contribution < -0.4 is 16.0 Å². The molecule has 2 aliphatic rings. The molecule has 2 aromatic heterocycles. The molecule has 13 nitrogen and oxygen atoms in total. The molecule has 1 aromatic carbocycles.